The van der Waals surface area contributed by atoms with Gasteiger partial charge in [0.2, 0.25) is 0 Å². The fourth-order valence-electron chi connectivity index (χ4n) is 1.48. The molecule has 84 valence electrons. The molecule has 2 rings (SSSR count). The summed E-state index contributed by atoms with van der Waals surface area (Å²) in [6.07, 6.45) is 0. The number of imidazole rings is 1. The zero-order valence-corrected chi connectivity index (χ0v) is 11.7. The lowest BCUT2D eigenvalue weighted by molar-refractivity contribution is 1.12. The van der Waals surface area contributed by atoms with Crippen molar-refractivity contribution in [2.45, 2.75) is 24.5 Å². The van der Waals surface area contributed by atoms with Crippen LogP contribution in [0.25, 0.3) is 0 Å². The topological polar surface area (TPSA) is 28.7 Å². The highest BCUT2D eigenvalue weighted by molar-refractivity contribution is 9.10. The van der Waals surface area contributed by atoms with E-state index in [4.69, 9.17) is 0 Å². The molecule has 0 aliphatic carbocycles. The maximum Gasteiger partial charge on any atom is 0.103 e. The van der Waals surface area contributed by atoms with Crippen LogP contribution in [0.3, 0.4) is 0 Å². The predicted molar refractivity (Wildman–Crippen MR) is 71.8 cm³/mol. The molecule has 4 heteroatoms. The summed E-state index contributed by atoms with van der Waals surface area (Å²) >= 11 is 5.24. The van der Waals surface area contributed by atoms with Crippen LogP contribution in [-0.2, 0) is 5.75 Å². The maximum atomic E-state index is 4.46. The molecule has 0 unspecified atom stereocenters. The van der Waals surface area contributed by atoms with Gasteiger partial charge in [-0.25, -0.2) is 4.98 Å². The predicted octanol–water partition coefficient (Wildman–Crippen LogP) is 4.08. The second-order valence-electron chi connectivity index (χ2n) is 3.64. The van der Waals surface area contributed by atoms with Gasteiger partial charge in [-0.05, 0) is 38.1 Å². The molecule has 0 bridgehead atoms. The van der Waals surface area contributed by atoms with E-state index in [1.54, 1.807) is 11.8 Å². The van der Waals surface area contributed by atoms with Gasteiger partial charge in [-0.15, -0.1) is 11.8 Å². The van der Waals surface area contributed by atoms with E-state index in [2.05, 4.69) is 57.1 Å². The van der Waals surface area contributed by atoms with Gasteiger partial charge in [0.1, 0.15) is 5.82 Å². The second-order valence-corrected chi connectivity index (χ2v) is 5.60. The van der Waals surface area contributed by atoms with Crippen molar-refractivity contribution in [1.82, 2.24) is 9.97 Å². The van der Waals surface area contributed by atoms with Crippen LogP contribution in [0, 0.1) is 13.8 Å². The monoisotopic (exact) mass is 296 g/mol. The van der Waals surface area contributed by atoms with Crippen LogP contribution in [-0.4, -0.2) is 9.97 Å². The number of aromatic amines is 1. The van der Waals surface area contributed by atoms with Gasteiger partial charge in [0.05, 0.1) is 5.69 Å². The quantitative estimate of drug-likeness (QED) is 0.865. The summed E-state index contributed by atoms with van der Waals surface area (Å²) < 4.78 is 1.11. The molecule has 0 saturated heterocycles. The van der Waals surface area contributed by atoms with Crippen molar-refractivity contribution in [3.63, 3.8) is 0 Å². The third-order valence-corrected chi connectivity index (χ3v) is 3.85. The zero-order valence-electron chi connectivity index (χ0n) is 9.25. The standard InChI is InChI=1S/C12H13BrN2S/c1-8-12(15-9(2)14-8)7-16-11-5-3-10(13)4-6-11/h3-6H,7H2,1-2H3,(H,14,15). The van der Waals surface area contributed by atoms with Crippen LogP contribution < -0.4 is 0 Å². The summed E-state index contributed by atoms with van der Waals surface area (Å²) in [6, 6.07) is 8.35. The van der Waals surface area contributed by atoms with Gasteiger partial charge < -0.3 is 4.98 Å². The highest BCUT2D eigenvalue weighted by Crippen LogP contribution is 2.24. The van der Waals surface area contributed by atoms with Crippen LogP contribution in [0.15, 0.2) is 33.6 Å². The number of rotatable bonds is 3. The third-order valence-electron chi connectivity index (χ3n) is 2.29. The largest absolute Gasteiger partial charge is 0.346 e. The minimum Gasteiger partial charge on any atom is -0.346 e. The van der Waals surface area contributed by atoms with Crippen LogP contribution in [0.5, 0.6) is 0 Å². The molecule has 16 heavy (non-hydrogen) atoms. The van der Waals surface area contributed by atoms with E-state index >= 15 is 0 Å². The Hall–Kier alpha value is -0.740. The molecule has 0 radical (unpaired) electrons. The molecule has 2 nitrogen and oxygen atoms in total. The van der Waals surface area contributed by atoms with Gasteiger partial charge in [-0.2, -0.15) is 0 Å². The van der Waals surface area contributed by atoms with Crippen molar-refractivity contribution in [3.8, 4) is 0 Å². The number of H-pyrrole nitrogens is 1. The van der Waals surface area contributed by atoms with Crippen LogP contribution in [0.2, 0.25) is 0 Å². The lowest BCUT2D eigenvalue weighted by atomic mass is 10.4. The first-order chi connectivity index (χ1) is 7.65. The molecule has 1 aromatic heterocycles. The summed E-state index contributed by atoms with van der Waals surface area (Å²) in [4.78, 5) is 8.95. The average molecular weight is 297 g/mol. The molecule has 1 aromatic carbocycles. The first kappa shape index (κ1) is 11.7. The Kier molecular flexibility index (Phi) is 3.71. The Labute approximate surface area is 108 Å². The fraction of sp³-hybridized carbons (Fsp3) is 0.250. The summed E-state index contributed by atoms with van der Waals surface area (Å²) in [6.45, 7) is 4.05. The molecular weight excluding hydrogens is 284 g/mol. The van der Waals surface area contributed by atoms with E-state index in [1.165, 1.54) is 10.6 Å². The van der Waals surface area contributed by atoms with E-state index in [0.717, 1.165) is 21.7 Å². The molecule has 2 aromatic rings. The van der Waals surface area contributed by atoms with Crippen LogP contribution in [0.1, 0.15) is 17.2 Å². The van der Waals surface area contributed by atoms with Gasteiger partial charge >= 0.3 is 0 Å². The Morgan fingerprint density at radius 3 is 2.50 bits per heavy atom. The fourth-order valence-corrected chi connectivity index (χ4v) is 2.66. The summed E-state index contributed by atoms with van der Waals surface area (Å²) in [5.74, 6) is 1.90. The molecule has 0 spiro atoms. The van der Waals surface area contributed by atoms with Crippen molar-refractivity contribution in [3.05, 3.63) is 46.0 Å². The molecular formula is C12H13BrN2S. The van der Waals surface area contributed by atoms with E-state index in [1.807, 2.05) is 6.92 Å². The van der Waals surface area contributed by atoms with Crippen molar-refractivity contribution in [2.24, 2.45) is 0 Å². The highest BCUT2D eigenvalue weighted by atomic mass is 79.9. The average Bonchev–Trinajstić information content (AvgIpc) is 2.57. The minimum atomic E-state index is 0.914. The number of aromatic nitrogens is 2. The number of aryl methyl sites for hydroxylation is 2. The lowest BCUT2D eigenvalue weighted by Gasteiger charge is -2.00. The number of nitrogens with one attached hydrogen (secondary N) is 1. The molecule has 1 N–H and O–H groups in total. The SMILES string of the molecule is Cc1nc(CSc2ccc(Br)cc2)c(C)[nH]1. The van der Waals surface area contributed by atoms with Gasteiger partial charge in [0.25, 0.3) is 0 Å². The molecule has 0 aliphatic rings. The summed E-state index contributed by atoms with van der Waals surface area (Å²) in [5.41, 5.74) is 2.31. The summed E-state index contributed by atoms with van der Waals surface area (Å²) in [5, 5.41) is 0. The van der Waals surface area contributed by atoms with Crippen LogP contribution in [0.4, 0.5) is 0 Å². The van der Waals surface area contributed by atoms with E-state index in [-0.39, 0.29) is 0 Å². The second kappa shape index (κ2) is 5.06. The van der Waals surface area contributed by atoms with Gasteiger partial charge in [0.15, 0.2) is 0 Å². The van der Waals surface area contributed by atoms with E-state index in [0.29, 0.717) is 0 Å². The lowest BCUT2D eigenvalue weighted by Crippen LogP contribution is -1.84. The number of nitrogens with zero attached hydrogens (tertiary/aromatic N) is 1. The first-order valence-electron chi connectivity index (χ1n) is 5.05. The summed E-state index contributed by atoms with van der Waals surface area (Å²) in [7, 11) is 0. The van der Waals surface area contributed by atoms with E-state index in [9.17, 15) is 0 Å². The van der Waals surface area contributed by atoms with Gasteiger partial charge in [-0.3, -0.25) is 0 Å². The maximum absolute atomic E-state index is 4.46. The number of halogens is 1. The van der Waals surface area contributed by atoms with Crippen molar-refractivity contribution in [1.29, 1.82) is 0 Å². The van der Waals surface area contributed by atoms with Crippen molar-refractivity contribution < 1.29 is 0 Å². The normalized spacial score (nSPS) is 10.7. The Bertz CT molecular complexity index is 476. The number of benzene rings is 1. The van der Waals surface area contributed by atoms with E-state index < -0.39 is 0 Å². The van der Waals surface area contributed by atoms with Gasteiger partial charge in [-0.1, -0.05) is 15.9 Å². The third kappa shape index (κ3) is 2.89. The first-order valence-corrected chi connectivity index (χ1v) is 6.83. The highest BCUT2D eigenvalue weighted by Gasteiger charge is 2.04. The Balaban J connectivity index is 2.02. The number of hydrogen-bond acceptors (Lipinski definition) is 2. The molecule has 0 atom stereocenters. The Morgan fingerprint density at radius 2 is 1.94 bits per heavy atom. The van der Waals surface area contributed by atoms with Gasteiger partial charge in [0, 0.05) is 20.8 Å². The van der Waals surface area contributed by atoms with Crippen molar-refractivity contribution in [2.75, 3.05) is 0 Å². The number of hydrogen-bond donors (Lipinski definition) is 1. The smallest absolute Gasteiger partial charge is 0.103 e. The molecule has 0 fully saturated rings. The molecule has 0 aliphatic heterocycles. The minimum absolute atomic E-state index is 0.914. The van der Waals surface area contributed by atoms with Crippen molar-refractivity contribution >= 4 is 27.7 Å². The molecule has 0 amide bonds. The molecule has 1 heterocycles. The zero-order chi connectivity index (χ0) is 11.5. The van der Waals surface area contributed by atoms with Crippen LogP contribution >= 0.6 is 27.7 Å². The molecule has 0 saturated carbocycles. The Morgan fingerprint density at radius 1 is 1.25 bits per heavy atom. The number of thioether (sulfide) groups is 1.